The van der Waals surface area contributed by atoms with E-state index in [4.69, 9.17) is 0 Å². The van der Waals surface area contributed by atoms with E-state index in [9.17, 15) is 4.57 Å². The normalized spacial score (nSPS) is 27.3. The molecule has 56 valence electrons. The van der Waals surface area contributed by atoms with Gasteiger partial charge in [0, 0.05) is 26.2 Å². The molecule has 0 unspecified atom stereocenters. The van der Waals surface area contributed by atoms with Gasteiger partial charge in [-0.15, -0.1) is 0 Å². The first-order valence-corrected chi connectivity index (χ1v) is 4.43. The fraction of sp³-hybridized carbons (Fsp3) is 1.00. The van der Waals surface area contributed by atoms with Gasteiger partial charge in [-0.3, -0.25) is 14.4 Å². The zero-order chi connectivity index (χ0) is 7.19. The predicted molar refractivity (Wildman–Crippen MR) is 39.2 cm³/mol. The van der Waals surface area contributed by atoms with E-state index in [0.29, 0.717) is 0 Å². The van der Waals surface area contributed by atoms with Gasteiger partial charge < -0.3 is 0 Å². The molecule has 2 heterocycles. The molecule has 2 aliphatic rings. The van der Waals surface area contributed by atoms with Crippen molar-refractivity contribution in [2.75, 3.05) is 26.2 Å². The van der Waals surface area contributed by atoms with Crippen LogP contribution in [0.1, 0.15) is 6.92 Å². The highest BCUT2D eigenvalue weighted by Gasteiger charge is 2.48. The topological polar surface area (TPSA) is 23.1 Å². The van der Waals surface area contributed by atoms with Crippen molar-refractivity contribution in [2.24, 2.45) is 0 Å². The highest BCUT2D eigenvalue weighted by atomic mass is 31.1. The smallest absolute Gasteiger partial charge is 0.194 e. The lowest BCUT2D eigenvalue weighted by Gasteiger charge is -2.24. The quantitative estimate of drug-likeness (QED) is 0.443. The summed E-state index contributed by atoms with van der Waals surface area (Å²) in [5, 5.41) is -0.153. The lowest BCUT2D eigenvalue weighted by molar-refractivity contribution is 0.220. The van der Waals surface area contributed by atoms with Crippen LogP contribution in [0.15, 0.2) is 0 Å². The Labute approximate surface area is 62.2 Å². The third kappa shape index (κ3) is 0.895. The lowest BCUT2D eigenvalue weighted by Crippen LogP contribution is -2.36. The van der Waals surface area contributed by atoms with E-state index in [1.54, 1.807) is 0 Å². The predicted octanol–water partition coefficient (Wildman–Crippen LogP) is 0.583. The summed E-state index contributed by atoms with van der Waals surface area (Å²) in [6.45, 7) is 6.50. The summed E-state index contributed by atoms with van der Waals surface area (Å²) < 4.78 is 10.8. The lowest BCUT2D eigenvalue weighted by atomic mass is 10.5. The Bertz CT molecular complexity index is 153. The van der Waals surface area contributed by atoms with Gasteiger partial charge in [0.15, 0.2) is 13.9 Å². The summed E-state index contributed by atoms with van der Waals surface area (Å²) in [5.41, 5.74) is 0. The van der Waals surface area contributed by atoms with E-state index in [1.165, 1.54) is 0 Å². The number of rotatable bonds is 3. The van der Waals surface area contributed by atoms with Crippen LogP contribution in [0.25, 0.3) is 0 Å². The third-order valence-electron chi connectivity index (χ3n) is 2.27. The van der Waals surface area contributed by atoms with Gasteiger partial charge in [-0.2, -0.15) is 0 Å². The van der Waals surface area contributed by atoms with Crippen molar-refractivity contribution in [3.05, 3.63) is 0 Å². The van der Waals surface area contributed by atoms with Crippen LogP contribution in [-0.2, 0) is 4.57 Å². The van der Waals surface area contributed by atoms with Crippen molar-refractivity contribution in [2.45, 2.75) is 12.3 Å². The van der Waals surface area contributed by atoms with Crippen LogP contribution in [0.5, 0.6) is 0 Å². The number of hydrogen-bond donors (Lipinski definition) is 0. The second kappa shape index (κ2) is 2.00. The van der Waals surface area contributed by atoms with Crippen molar-refractivity contribution in [1.29, 1.82) is 0 Å². The van der Waals surface area contributed by atoms with E-state index in [0.717, 1.165) is 26.2 Å². The van der Waals surface area contributed by atoms with Crippen molar-refractivity contribution < 1.29 is 4.57 Å². The monoisotopic (exact) mass is 158 g/mol. The first-order chi connectivity index (χ1) is 4.77. The molecule has 2 aliphatic heterocycles. The molecule has 0 aromatic rings. The molecule has 0 radical (unpaired) electrons. The van der Waals surface area contributed by atoms with Crippen LogP contribution < -0.4 is 0 Å². The average molecular weight is 158 g/mol. The molecule has 10 heavy (non-hydrogen) atoms. The maximum atomic E-state index is 10.8. The van der Waals surface area contributed by atoms with Gasteiger partial charge in [-0.05, 0) is 6.92 Å². The van der Waals surface area contributed by atoms with Crippen LogP contribution in [0.4, 0.5) is 0 Å². The summed E-state index contributed by atoms with van der Waals surface area (Å²) in [7, 11) is 0.252. The minimum Gasteiger partial charge on any atom is -0.273 e. The zero-order valence-corrected chi connectivity index (χ0v) is 6.97. The van der Waals surface area contributed by atoms with Gasteiger partial charge in [0.25, 0.3) is 0 Å². The summed E-state index contributed by atoms with van der Waals surface area (Å²) in [6.07, 6.45) is 0. The van der Waals surface area contributed by atoms with Gasteiger partial charge in [0.05, 0.1) is 0 Å². The van der Waals surface area contributed by atoms with Gasteiger partial charge in [-0.25, -0.2) is 0 Å². The van der Waals surface area contributed by atoms with Crippen LogP contribution >= 0.6 is 8.46 Å². The minimum absolute atomic E-state index is 0.153. The number of hydrogen-bond acceptors (Lipinski definition) is 3. The molecule has 0 atom stereocenters. The van der Waals surface area contributed by atoms with E-state index in [1.807, 2.05) is 6.92 Å². The maximum Gasteiger partial charge on any atom is 0.194 e. The van der Waals surface area contributed by atoms with Crippen molar-refractivity contribution in [3.8, 4) is 0 Å². The summed E-state index contributed by atoms with van der Waals surface area (Å²) in [4.78, 5) is 4.46. The molecule has 0 aliphatic carbocycles. The molecule has 0 amide bonds. The molecule has 2 fully saturated rings. The maximum absolute atomic E-state index is 10.8. The van der Waals surface area contributed by atoms with Crippen LogP contribution in [0.3, 0.4) is 0 Å². The Hall–Kier alpha value is 0.0200. The first kappa shape index (κ1) is 6.71. The van der Waals surface area contributed by atoms with E-state index in [-0.39, 0.29) is 13.9 Å². The second-order valence-electron chi connectivity index (χ2n) is 3.04. The zero-order valence-electron chi connectivity index (χ0n) is 6.08. The number of nitrogens with zero attached hydrogens (tertiary/aromatic N) is 2. The Morgan fingerprint density at radius 3 is 1.80 bits per heavy atom. The standard InChI is InChI=1S/C6H11N2OP/c1-6(10-9,7-2-3-7)8-4-5-8/h2-5H2,1H3. The van der Waals surface area contributed by atoms with Crippen molar-refractivity contribution in [3.63, 3.8) is 0 Å². The molecular formula is C6H11N2OP. The van der Waals surface area contributed by atoms with Gasteiger partial charge in [0.2, 0.25) is 0 Å². The van der Waals surface area contributed by atoms with E-state index >= 15 is 0 Å². The summed E-state index contributed by atoms with van der Waals surface area (Å²) in [5.74, 6) is 0. The fourth-order valence-electron chi connectivity index (χ4n) is 1.26. The fourth-order valence-corrected chi connectivity index (χ4v) is 1.89. The SMILES string of the molecule is CC(P=O)(N1CC1)N1CC1. The molecule has 3 nitrogen and oxygen atoms in total. The summed E-state index contributed by atoms with van der Waals surface area (Å²) >= 11 is 0. The molecule has 0 spiro atoms. The van der Waals surface area contributed by atoms with Gasteiger partial charge in [-0.1, -0.05) is 0 Å². The molecule has 2 rings (SSSR count). The highest BCUT2D eigenvalue weighted by molar-refractivity contribution is 7.25. The Morgan fingerprint density at radius 2 is 1.60 bits per heavy atom. The van der Waals surface area contributed by atoms with Crippen LogP contribution in [0.2, 0.25) is 0 Å². The second-order valence-corrected chi connectivity index (χ2v) is 4.07. The van der Waals surface area contributed by atoms with Crippen LogP contribution in [-0.4, -0.2) is 41.4 Å². The van der Waals surface area contributed by atoms with Crippen molar-refractivity contribution >= 4 is 8.46 Å². The van der Waals surface area contributed by atoms with Gasteiger partial charge >= 0.3 is 0 Å². The molecule has 0 saturated carbocycles. The molecule has 0 aromatic carbocycles. The Morgan fingerprint density at radius 1 is 1.20 bits per heavy atom. The molecule has 0 aromatic heterocycles. The highest BCUT2D eigenvalue weighted by Crippen LogP contribution is 2.39. The summed E-state index contributed by atoms with van der Waals surface area (Å²) in [6, 6.07) is 0. The third-order valence-corrected chi connectivity index (χ3v) is 3.18. The van der Waals surface area contributed by atoms with Gasteiger partial charge in [0.1, 0.15) is 0 Å². The molecule has 0 N–H and O–H groups in total. The molecule has 4 heteroatoms. The van der Waals surface area contributed by atoms with E-state index < -0.39 is 0 Å². The average Bonchev–Trinajstić information content (AvgIpc) is 2.73. The van der Waals surface area contributed by atoms with Crippen molar-refractivity contribution in [1.82, 2.24) is 9.80 Å². The van der Waals surface area contributed by atoms with E-state index in [2.05, 4.69) is 9.80 Å². The largest absolute Gasteiger partial charge is 0.273 e. The molecule has 0 bridgehead atoms. The first-order valence-electron chi connectivity index (χ1n) is 3.62. The van der Waals surface area contributed by atoms with Crippen LogP contribution in [0, 0.1) is 0 Å². The molecular weight excluding hydrogens is 147 g/mol. The Balaban J connectivity index is 2.10. The minimum atomic E-state index is -0.153. The molecule has 2 saturated heterocycles. The Kier molecular flexibility index (Phi) is 1.34.